The van der Waals surface area contributed by atoms with E-state index in [2.05, 4.69) is 132 Å². The molecule has 0 N–H and O–H groups in total. The van der Waals surface area contributed by atoms with Crippen LogP contribution < -0.4 is 0 Å². The first-order valence-electron chi connectivity index (χ1n) is 14.3. The van der Waals surface area contributed by atoms with Gasteiger partial charge in [-0.1, -0.05) is 136 Å². The maximum atomic E-state index is 2.62. The molecule has 3 aliphatic carbocycles. The van der Waals surface area contributed by atoms with Gasteiger partial charge in [-0.3, -0.25) is 0 Å². The third-order valence-corrected chi connectivity index (χ3v) is 9.66. The quantitative estimate of drug-likeness (QED) is 0.261. The maximum Gasteiger partial charge on any atom is 0.0716 e. The predicted molar refractivity (Wildman–Crippen MR) is 161 cm³/mol. The van der Waals surface area contributed by atoms with Crippen molar-refractivity contribution in [1.29, 1.82) is 0 Å². The standard InChI is InChI=1S/C38H36/c1-23(2)27-21-25(4)36-26(5)37-31(28-14-7-6-13-24(28)3)17-12-20-34(37)38(35(36)22-27)32-18-10-8-15-29(32)30-16-9-11-19-33(30)38/h6-20,22-23,25-26H,21H2,1-5H3. The number of hydrogen-bond acceptors (Lipinski definition) is 0. The Morgan fingerprint density at radius 2 is 1.21 bits per heavy atom. The average Bonchev–Trinajstić information content (AvgIpc) is 3.22. The molecule has 188 valence electrons. The Morgan fingerprint density at radius 1 is 0.658 bits per heavy atom. The van der Waals surface area contributed by atoms with E-state index in [1.165, 1.54) is 50.1 Å². The van der Waals surface area contributed by atoms with Crippen molar-refractivity contribution in [2.45, 2.75) is 52.4 Å². The molecule has 0 fully saturated rings. The molecule has 0 saturated carbocycles. The lowest BCUT2D eigenvalue weighted by Gasteiger charge is -2.47. The van der Waals surface area contributed by atoms with E-state index in [1.54, 1.807) is 16.7 Å². The van der Waals surface area contributed by atoms with Gasteiger partial charge in [0.15, 0.2) is 0 Å². The van der Waals surface area contributed by atoms with Crippen LogP contribution in [0.2, 0.25) is 0 Å². The van der Waals surface area contributed by atoms with Crippen molar-refractivity contribution < 1.29 is 0 Å². The third-order valence-electron chi connectivity index (χ3n) is 9.66. The van der Waals surface area contributed by atoms with Crippen LogP contribution in [0.15, 0.2) is 114 Å². The highest BCUT2D eigenvalue weighted by Crippen LogP contribution is 2.64. The van der Waals surface area contributed by atoms with Crippen LogP contribution in [-0.2, 0) is 5.41 Å². The highest BCUT2D eigenvalue weighted by atomic mass is 14.5. The van der Waals surface area contributed by atoms with Crippen LogP contribution in [0.4, 0.5) is 0 Å². The van der Waals surface area contributed by atoms with Crippen LogP contribution in [0, 0.1) is 18.8 Å². The first-order chi connectivity index (χ1) is 18.4. The van der Waals surface area contributed by atoms with Crippen molar-refractivity contribution in [2.75, 3.05) is 0 Å². The van der Waals surface area contributed by atoms with Crippen LogP contribution in [0.1, 0.15) is 67.9 Å². The van der Waals surface area contributed by atoms with Crippen molar-refractivity contribution in [3.05, 3.63) is 142 Å². The normalized spacial score (nSPS) is 20.6. The summed E-state index contributed by atoms with van der Waals surface area (Å²) in [6.07, 6.45) is 3.78. The molecular formula is C38H36. The molecular weight excluding hydrogens is 456 g/mol. The average molecular weight is 493 g/mol. The van der Waals surface area contributed by atoms with Crippen LogP contribution in [0.25, 0.3) is 22.3 Å². The Labute approximate surface area is 227 Å². The second-order valence-electron chi connectivity index (χ2n) is 12.0. The van der Waals surface area contributed by atoms with E-state index in [0.717, 1.165) is 6.42 Å². The summed E-state index contributed by atoms with van der Waals surface area (Å²) in [7, 11) is 0. The van der Waals surface area contributed by atoms with Gasteiger partial charge < -0.3 is 0 Å². The van der Waals surface area contributed by atoms with Crippen LogP contribution in [-0.4, -0.2) is 0 Å². The second-order valence-corrected chi connectivity index (χ2v) is 12.0. The Morgan fingerprint density at radius 3 is 1.84 bits per heavy atom. The van der Waals surface area contributed by atoms with Gasteiger partial charge in [-0.05, 0) is 80.8 Å². The van der Waals surface area contributed by atoms with Crippen LogP contribution in [0.3, 0.4) is 0 Å². The summed E-state index contributed by atoms with van der Waals surface area (Å²) in [4.78, 5) is 0. The molecule has 4 aromatic rings. The Bertz CT molecular complexity index is 1610. The van der Waals surface area contributed by atoms with Gasteiger partial charge in [0, 0.05) is 5.92 Å². The van der Waals surface area contributed by atoms with Crippen molar-refractivity contribution >= 4 is 0 Å². The zero-order valence-corrected chi connectivity index (χ0v) is 23.2. The van der Waals surface area contributed by atoms with Gasteiger partial charge in [0.25, 0.3) is 0 Å². The molecule has 0 saturated heterocycles. The lowest BCUT2D eigenvalue weighted by atomic mass is 9.55. The summed E-state index contributed by atoms with van der Waals surface area (Å²) < 4.78 is 0. The Hall–Kier alpha value is -3.64. The molecule has 0 amide bonds. The molecule has 0 heterocycles. The summed E-state index contributed by atoms with van der Waals surface area (Å²) >= 11 is 0. The molecule has 7 rings (SSSR count). The lowest BCUT2D eigenvalue weighted by molar-refractivity contribution is 0.524. The zero-order chi connectivity index (χ0) is 26.2. The smallest absolute Gasteiger partial charge is 0.0667 e. The van der Waals surface area contributed by atoms with Gasteiger partial charge in [0.2, 0.25) is 0 Å². The van der Waals surface area contributed by atoms with Gasteiger partial charge in [-0.2, -0.15) is 0 Å². The third kappa shape index (κ3) is 2.98. The molecule has 1 spiro atoms. The number of aryl methyl sites for hydroxylation is 1. The van der Waals surface area contributed by atoms with Gasteiger partial charge in [-0.15, -0.1) is 0 Å². The topological polar surface area (TPSA) is 0 Å². The van der Waals surface area contributed by atoms with Crippen molar-refractivity contribution in [3.63, 3.8) is 0 Å². The van der Waals surface area contributed by atoms with Crippen molar-refractivity contribution in [2.24, 2.45) is 11.8 Å². The molecule has 38 heavy (non-hydrogen) atoms. The maximum absolute atomic E-state index is 2.62. The van der Waals surface area contributed by atoms with E-state index in [1.807, 2.05) is 0 Å². The lowest BCUT2D eigenvalue weighted by Crippen LogP contribution is -2.38. The molecule has 0 aromatic heterocycles. The van der Waals surface area contributed by atoms with E-state index in [9.17, 15) is 0 Å². The zero-order valence-electron chi connectivity index (χ0n) is 23.2. The molecule has 0 heteroatoms. The molecule has 0 nitrogen and oxygen atoms in total. The van der Waals surface area contributed by atoms with Crippen molar-refractivity contribution in [1.82, 2.24) is 0 Å². The van der Waals surface area contributed by atoms with Gasteiger partial charge in [-0.25, -0.2) is 0 Å². The summed E-state index contributed by atoms with van der Waals surface area (Å²) in [6, 6.07) is 34.4. The number of allylic oxidation sites excluding steroid dienone is 4. The van der Waals surface area contributed by atoms with Crippen molar-refractivity contribution in [3.8, 4) is 22.3 Å². The molecule has 2 atom stereocenters. The van der Waals surface area contributed by atoms with Gasteiger partial charge >= 0.3 is 0 Å². The summed E-state index contributed by atoms with van der Waals surface area (Å²) in [6.45, 7) is 11.9. The molecule has 3 aliphatic rings. The Balaban J connectivity index is 1.68. The summed E-state index contributed by atoms with van der Waals surface area (Å²) in [5, 5.41) is 0. The van der Waals surface area contributed by atoms with Gasteiger partial charge in [0.1, 0.15) is 0 Å². The second kappa shape index (κ2) is 8.43. The van der Waals surface area contributed by atoms with E-state index in [0.29, 0.717) is 17.8 Å². The predicted octanol–water partition coefficient (Wildman–Crippen LogP) is 10.0. The Kier molecular flexibility index (Phi) is 5.21. The van der Waals surface area contributed by atoms with E-state index >= 15 is 0 Å². The number of hydrogen-bond donors (Lipinski definition) is 0. The largest absolute Gasteiger partial charge is 0.0716 e. The SMILES string of the molecule is Cc1ccccc1-c1cccc2c1C(C)C1=C(C=C(C(C)C)CC1C)C21c2ccccc2-c2ccccc21. The highest BCUT2D eigenvalue weighted by molar-refractivity contribution is 5.90. The van der Waals surface area contributed by atoms with Crippen LogP contribution >= 0.6 is 0 Å². The summed E-state index contributed by atoms with van der Waals surface area (Å²) in [5.74, 6) is 1.42. The fourth-order valence-electron chi connectivity index (χ4n) is 8.03. The molecule has 0 radical (unpaired) electrons. The fraction of sp³-hybridized carbons (Fsp3) is 0.263. The number of benzene rings is 4. The minimum absolute atomic E-state index is 0.294. The fourth-order valence-corrected chi connectivity index (χ4v) is 8.03. The minimum atomic E-state index is -0.294. The monoisotopic (exact) mass is 492 g/mol. The minimum Gasteiger partial charge on any atom is -0.0667 e. The van der Waals surface area contributed by atoms with E-state index < -0.39 is 0 Å². The van der Waals surface area contributed by atoms with Crippen LogP contribution in [0.5, 0.6) is 0 Å². The molecule has 0 bridgehead atoms. The molecule has 2 unspecified atom stereocenters. The number of rotatable bonds is 2. The summed E-state index contributed by atoms with van der Waals surface area (Å²) in [5.41, 5.74) is 17.2. The molecule has 0 aliphatic heterocycles. The first-order valence-corrected chi connectivity index (χ1v) is 14.3. The number of fused-ring (bicyclic) bond motifs is 8. The van der Waals surface area contributed by atoms with Gasteiger partial charge in [0.05, 0.1) is 5.41 Å². The highest BCUT2D eigenvalue weighted by Gasteiger charge is 2.53. The first kappa shape index (κ1) is 23.5. The van der Waals surface area contributed by atoms with E-state index in [-0.39, 0.29) is 5.41 Å². The molecule has 4 aromatic carbocycles. The van der Waals surface area contributed by atoms with E-state index in [4.69, 9.17) is 0 Å².